The molecule has 0 fully saturated rings. The first kappa shape index (κ1) is 6.74. The van der Waals surface area contributed by atoms with Crippen molar-refractivity contribution in [2.75, 3.05) is 0 Å². The summed E-state index contributed by atoms with van der Waals surface area (Å²) in [4.78, 5) is 13.3. The monoisotopic (exact) mass is 137 g/mol. The van der Waals surface area contributed by atoms with Gasteiger partial charge in [-0.05, 0) is 0 Å². The molecular weight excluding hydrogens is 128 g/mol. The van der Waals surface area contributed by atoms with E-state index in [1.54, 1.807) is 6.20 Å². The summed E-state index contributed by atoms with van der Waals surface area (Å²) in [6.07, 6.45) is 2.04. The van der Waals surface area contributed by atoms with Crippen LogP contribution in [0.4, 0.5) is 0 Å². The second kappa shape index (κ2) is 2.96. The highest BCUT2D eigenvalue weighted by Crippen LogP contribution is 1.87. The minimum absolute atomic E-state index is 0.279. The summed E-state index contributed by atoms with van der Waals surface area (Å²) in [5.41, 5.74) is 5.81. The fraction of sp³-hybridized carbons (Fsp3) is 0.143. The summed E-state index contributed by atoms with van der Waals surface area (Å²) in [5, 5.41) is 0. The van der Waals surface area contributed by atoms with Gasteiger partial charge in [-0.2, -0.15) is 0 Å². The highest BCUT2D eigenvalue weighted by molar-refractivity contribution is 5.75. The second-order valence-corrected chi connectivity index (χ2v) is 2.03. The number of H-pyrrole nitrogens is 1. The van der Waals surface area contributed by atoms with Crippen LogP contribution in [0.3, 0.4) is 0 Å². The molecule has 0 spiro atoms. The van der Waals surface area contributed by atoms with Crippen LogP contribution in [0.5, 0.6) is 0 Å². The van der Waals surface area contributed by atoms with Crippen molar-refractivity contribution in [1.82, 2.24) is 0 Å². The van der Waals surface area contributed by atoms with Crippen molar-refractivity contribution >= 4 is 5.91 Å². The Labute approximate surface area is 58.9 Å². The van der Waals surface area contributed by atoms with Gasteiger partial charge in [0.2, 0.25) is 5.91 Å². The third-order valence-corrected chi connectivity index (χ3v) is 1.14. The molecule has 1 amide bonds. The summed E-state index contributed by atoms with van der Waals surface area (Å²) in [6, 6.07) is 5.53. The molecule has 52 valence electrons. The molecule has 0 unspecified atom stereocenters. The average molecular weight is 137 g/mol. The predicted molar refractivity (Wildman–Crippen MR) is 35.9 cm³/mol. The third kappa shape index (κ3) is 1.85. The number of nitrogens with two attached hydrogens (primary N) is 1. The van der Waals surface area contributed by atoms with Crippen molar-refractivity contribution in [3.05, 3.63) is 30.1 Å². The van der Waals surface area contributed by atoms with Crippen molar-refractivity contribution in [2.24, 2.45) is 5.73 Å². The maximum atomic E-state index is 10.4. The van der Waals surface area contributed by atoms with E-state index in [4.69, 9.17) is 5.73 Å². The molecule has 0 aliphatic rings. The Balaban J connectivity index is 2.67. The van der Waals surface area contributed by atoms with E-state index in [0.717, 1.165) is 5.69 Å². The predicted octanol–water partition coefficient (Wildman–Crippen LogP) is -0.472. The molecule has 1 heterocycles. The van der Waals surface area contributed by atoms with E-state index in [1.807, 2.05) is 18.2 Å². The van der Waals surface area contributed by atoms with Crippen LogP contribution in [0.2, 0.25) is 0 Å². The Morgan fingerprint density at radius 3 is 2.90 bits per heavy atom. The van der Waals surface area contributed by atoms with Gasteiger partial charge in [-0.25, -0.2) is 4.98 Å². The number of nitrogens with one attached hydrogen (secondary N) is 1. The van der Waals surface area contributed by atoms with E-state index in [0.29, 0.717) is 0 Å². The number of primary amides is 1. The summed E-state index contributed by atoms with van der Waals surface area (Å²) in [5.74, 6) is -0.317. The molecule has 0 aliphatic heterocycles. The molecule has 3 nitrogen and oxygen atoms in total. The number of aromatic nitrogens is 1. The smallest absolute Gasteiger partial charge is 0.228 e. The molecule has 1 aromatic heterocycles. The van der Waals surface area contributed by atoms with Gasteiger partial charge in [-0.15, -0.1) is 0 Å². The molecular formula is C7H9N2O+. The molecule has 10 heavy (non-hydrogen) atoms. The minimum atomic E-state index is -0.317. The molecule has 3 heteroatoms. The standard InChI is InChI=1S/C7H8N2O/c8-7(10)5-6-3-1-2-4-9-6/h1-4H,5H2,(H2,8,10)/p+1. The molecule has 0 aliphatic carbocycles. The number of hydrogen-bond donors (Lipinski definition) is 1. The first-order valence-corrected chi connectivity index (χ1v) is 3.03. The number of rotatable bonds is 2. The van der Waals surface area contributed by atoms with Crippen molar-refractivity contribution in [3.63, 3.8) is 0 Å². The molecule has 1 rings (SSSR count). The SMILES string of the molecule is NC(=O)Cc1cccc[nH+]1. The second-order valence-electron chi connectivity index (χ2n) is 2.03. The van der Waals surface area contributed by atoms with Gasteiger partial charge in [0.05, 0.1) is 0 Å². The molecule has 0 aromatic carbocycles. The Morgan fingerprint density at radius 1 is 1.60 bits per heavy atom. The molecule has 0 atom stereocenters. The van der Waals surface area contributed by atoms with Crippen LogP contribution in [-0.2, 0) is 11.2 Å². The maximum Gasteiger partial charge on any atom is 0.228 e. The van der Waals surface area contributed by atoms with Gasteiger partial charge in [0, 0.05) is 12.1 Å². The topological polar surface area (TPSA) is 57.2 Å². The van der Waals surface area contributed by atoms with Crippen molar-refractivity contribution in [3.8, 4) is 0 Å². The van der Waals surface area contributed by atoms with Gasteiger partial charge in [0.25, 0.3) is 0 Å². The van der Waals surface area contributed by atoms with Crippen molar-refractivity contribution < 1.29 is 9.78 Å². The number of carbonyl (C=O) groups excluding carboxylic acids is 1. The van der Waals surface area contributed by atoms with Crippen LogP contribution in [0.25, 0.3) is 0 Å². The van der Waals surface area contributed by atoms with Gasteiger partial charge in [-0.1, -0.05) is 6.07 Å². The summed E-state index contributed by atoms with van der Waals surface area (Å²) < 4.78 is 0. The van der Waals surface area contributed by atoms with Crippen LogP contribution in [-0.4, -0.2) is 5.91 Å². The number of carbonyl (C=O) groups is 1. The number of amides is 1. The van der Waals surface area contributed by atoms with Crippen LogP contribution in [0.1, 0.15) is 5.69 Å². The van der Waals surface area contributed by atoms with E-state index < -0.39 is 0 Å². The van der Waals surface area contributed by atoms with Gasteiger partial charge < -0.3 is 5.73 Å². The van der Waals surface area contributed by atoms with Gasteiger partial charge >= 0.3 is 0 Å². The Hall–Kier alpha value is -1.38. The zero-order chi connectivity index (χ0) is 7.40. The minimum Gasteiger partial charge on any atom is -0.369 e. The molecule has 0 bridgehead atoms. The molecule has 0 radical (unpaired) electrons. The number of aromatic amines is 1. The van der Waals surface area contributed by atoms with Gasteiger partial charge in [0.15, 0.2) is 11.9 Å². The van der Waals surface area contributed by atoms with E-state index in [1.165, 1.54) is 0 Å². The summed E-state index contributed by atoms with van der Waals surface area (Å²) in [7, 11) is 0. The molecule has 1 aromatic rings. The normalized spacial score (nSPS) is 9.20. The van der Waals surface area contributed by atoms with E-state index >= 15 is 0 Å². The lowest BCUT2D eigenvalue weighted by Crippen LogP contribution is -2.20. The molecule has 0 saturated carbocycles. The Kier molecular flexibility index (Phi) is 1.99. The zero-order valence-corrected chi connectivity index (χ0v) is 5.50. The van der Waals surface area contributed by atoms with Crippen LogP contribution in [0, 0.1) is 0 Å². The van der Waals surface area contributed by atoms with Crippen LogP contribution < -0.4 is 10.7 Å². The number of pyridine rings is 1. The fourth-order valence-electron chi connectivity index (χ4n) is 0.728. The third-order valence-electron chi connectivity index (χ3n) is 1.14. The maximum absolute atomic E-state index is 10.4. The van der Waals surface area contributed by atoms with E-state index in [9.17, 15) is 4.79 Å². The highest BCUT2D eigenvalue weighted by atomic mass is 16.1. The van der Waals surface area contributed by atoms with E-state index in [-0.39, 0.29) is 12.3 Å². The molecule has 3 N–H and O–H groups in total. The quantitative estimate of drug-likeness (QED) is 0.588. The zero-order valence-electron chi connectivity index (χ0n) is 5.50. The van der Waals surface area contributed by atoms with Crippen molar-refractivity contribution in [1.29, 1.82) is 0 Å². The van der Waals surface area contributed by atoms with Gasteiger partial charge in [0.1, 0.15) is 6.42 Å². The summed E-state index contributed by atoms with van der Waals surface area (Å²) in [6.45, 7) is 0. The Morgan fingerprint density at radius 2 is 2.40 bits per heavy atom. The first-order chi connectivity index (χ1) is 4.79. The lowest BCUT2D eigenvalue weighted by atomic mass is 10.3. The van der Waals surface area contributed by atoms with Gasteiger partial charge in [-0.3, -0.25) is 4.79 Å². The molecule has 0 saturated heterocycles. The summed E-state index contributed by atoms with van der Waals surface area (Å²) >= 11 is 0. The number of hydrogen-bond acceptors (Lipinski definition) is 1. The Bertz CT molecular complexity index is 220. The fourth-order valence-corrected chi connectivity index (χ4v) is 0.728. The van der Waals surface area contributed by atoms with Crippen LogP contribution >= 0.6 is 0 Å². The first-order valence-electron chi connectivity index (χ1n) is 3.03. The highest BCUT2D eigenvalue weighted by Gasteiger charge is 2.01. The largest absolute Gasteiger partial charge is 0.369 e. The van der Waals surface area contributed by atoms with E-state index in [2.05, 4.69) is 4.98 Å². The average Bonchev–Trinajstić information content (AvgIpc) is 1.88. The van der Waals surface area contributed by atoms with Crippen LogP contribution in [0.15, 0.2) is 24.4 Å². The van der Waals surface area contributed by atoms with Crippen molar-refractivity contribution in [2.45, 2.75) is 6.42 Å². The lowest BCUT2D eigenvalue weighted by Gasteiger charge is -1.86. The lowest BCUT2D eigenvalue weighted by molar-refractivity contribution is -0.389.